The van der Waals surface area contributed by atoms with Crippen LogP contribution in [0.5, 0.6) is 23.0 Å². The van der Waals surface area contributed by atoms with Gasteiger partial charge in [-0.1, -0.05) is 6.07 Å². The first-order valence-electron chi connectivity index (χ1n) is 12.5. The minimum Gasteiger partial charge on any atom is -0.457 e. The highest BCUT2D eigenvalue weighted by atomic mass is 19.1. The van der Waals surface area contributed by atoms with E-state index in [2.05, 4.69) is 33.8 Å². The third kappa shape index (κ3) is 4.58. The molecule has 2 aliphatic rings. The number of aromatic nitrogens is 1. The van der Waals surface area contributed by atoms with Crippen molar-refractivity contribution in [3.05, 3.63) is 77.7 Å². The monoisotopic (exact) mass is 487 g/mol. The molecular weight excluding hydrogens is 457 g/mol. The zero-order valence-electron chi connectivity index (χ0n) is 20.4. The van der Waals surface area contributed by atoms with Crippen molar-refractivity contribution in [3.63, 3.8) is 0 Å². The summed E-state index contributed by atoms with van der Waals surface area (Å²) in [5.74, 6) is 2.88. The number of fused-ring (bicyclic) bond motifs is 2. The average molecular weight is 488 g/mol. The Balaban J connectivity index is 1.04. The van der Waals surface area contributed by atoms with E-state index in [9.17, 15) is 4.39 Å². The van der Waals surface area contributed by atoms with Crippen LogP contribution in [0.3, 0.4) is 0 Å². The van der Waals surface area contributed by atoms with Gasteiger partial charge in [0.2, 0.25) is 6.79 Å². The number of piperazine rings is 1. The summed E-state index contributed by atoms with van der Waals surface area (Å²) in [6, 6.07) is 16.9. The van der Waals surface area contributed by atoms with Crippen LogP contribution in [0.25, 0.3) is 10.9 Å². The number of halogens is 1. The number of aryl methyl sites for hydroxylation is 1. The minimum absolute atomic E-state index is 0.180. The van der Waals surface area contributed by atoms with Crippen LogP contribution in [-0.2, 0) is 6.42 Å². The molecule has 1 aromatic heterocycles. The molecule has 7 heteroatoms. The van der Waals surface area contributed by atoms with E-state index < -0.39 is 0 Å². The van der Waals surface area contributed by atoms with E-state index >= 15 is 0 Å². The largest absolute Gasteiger partial charge is 0.457 e. The quantitative estimate of drug-likeness (QED) is 0.352. The third-order valence-electron chi connectivity index (χ3n) is 7.19. The predicted octanol–water partition coefficient (Wildman–Crippen LogP) is 5.89. The number of hydrogen-bond acceptors (Lipinski definition) is 5. The van der Waals surface area contributed by atoms with Gasteiger partial charge in [-0.05, 0) is 74.3 Å². The van der Waals surface area contributed by atoms with Gasteiger partial charge in [0.05, 0.1) is 0 Å². The van der Waals surface area contributed by atoms with Crippen molar-refractivity contribution < 1.29 is 18.6 Å². The molecule has 4 aromatic rings. The molecule has 3 aromatic carbocycles. The molecule has 6 rings (SSSR count). The Kier molecular flexibility index (Phi) is 6.15. The van der Waals surface area contributed by atoms with Crippen LogP contribution in [-0.4, -0.2) is 49.4 Å². The van der Waals surface area contributed by atoms with Crippen LogP contribution in [0.2, 0.25) is 0 Å². The number of anilines is 1. The van der Waals surface area contributed by atoms with Crippen molar-refractivity contribution in [1.82, 2.24) is 9.88 Å². The zero-order valence-corrected chi connectivity index (χ0v) is 20.4. The van der Waals surface area contributed by atoms with Gasteiger partial charge in [-0.2, -0.15) is 0 Å². The van der Waals surface area contributed by atoms with Gasteiger partial charge in [0, 0.05) is 60.6 Å². The molecule has 0 radical (unpaired) electrons. The molecule has 0 unspecified atom stereocenters. The Hall–Kier alpha value is -3.71. The van der Waals surface area contributed by atoms with Gasteiger partial charge in [-0.15, -0.1) is 0 Å². The highest BCUT2D eigenvalue weighted by molar-refractivity contribution is 5.83. The number of nitrogens with one attached hydrogen (secondary N) is 1. The Morgan fingerprint density at radius 1 is 0.972 bits per heavy atom. The fraction of sp³-hybridized carbons (Fsp3) is 0.310. The Morgan fingerprint density at radius 3 is 2.72 bits per heavy atom. The van der Waals surface area contributed by atoms with Crippen LogP contribution >= 0.6 is 0 Å². The normalized spacial score (nSPS) is 15.6. The molecule has 0 aliphatic carbocycles. The average Bonchev–Trinajstić information content (AvgIpc) is 3.52. The maximum atomic E-state index is 13.6. The van der Waals surface area contributed by atoms with Crippen LogP contribution in [0.15, 0.2) is 60.8 Å². The Bertz CT molecular complexity index is 1380. The van der Waals surface area contributed by atoms with Crippen molar-refractivity contribution in [2.24, 2.45) is 0 Å². The van der Waals surface area contributed by atoms with Gasteiger partial charge >= 0.3 is 0 Å². The third-order valence-corrected chi connectivity index (χ3v) is 7.19. The summed E-state index contributed by atoms with van der Waals surface area (Å²) in [5.41, 5.74) is 4.54. The fourth-order valence-corrected chi connectivity index (χ4v) is 5.19. The standard InChI is InChI=1S/C29H30FN3O3/c1-20-26(5-2-6-27(20)36-23-8-10-28-29(17-23)35-19-34-28)33-14-12-32(13-15-33)11-3-4-21-18-31-25-9-7-22(30)16-24(21)25/h2,5-10,16-18,31H,3-4,11-15,19H2,1H3. The number of nitrogens with zero attached hydrogens (tertiary/aromatic N) is 2. The first kappa shape index (κ1) is 22.7. The molecule has 0 saturated carbocycles. The molecule has 0 spiro atoms. The summed E-state index contributed by atoms with van der Waals surface area (Å²) in [7, 11) is 0. The second-order valence-electron chi connectivity index (χ2n) is 9.45. The van der Waals surface area contributed by atoms with E-state index in [1.54, 1.807) is 6.07 Å². The molecular formula is C29H30FN3O3. The van der Waals surface area contributed by atoms with Crippen LogP contribution in [0.4, 0.5) is 10.1 Å². The van der Waals surface area contributed by atoms with Gasteiger partial charge in [0.25, 0.3) is 0 Å². The van der Waals surface area contributed by atoms with E-state index in [0.717, 1.165) is 79.3 Å². The molecule has 1 fully saturated rings. The summed E-state index contributed by atoms with van der Waals surface area (Å²) in [6.07, 6.45) is 4.02. The van der Waals surface area contributed by atoms with Crippen molar-refractivity contribution in [2.45, 2.75) is 19.8 Å². The van der Waals surface area contributed by atoms with E-state index in [1.165, 1.54) is 17.3 Å². The molecule has 1 saturated heterocycles. The molecule has 0 amide bonds. The maximum absolute atomic E-state index is 13.6. The number of ether oxygens (including phenoxy) is 3. The smallest absolute Gasteiger partial charge is 0.231 e. The molecule has 1 N–H and O–H groups in total. The molecule has 0 atom stereocenters. The number of H-pyrrole nitrogens is 1. The summed E-state index contributed by atoms with van der Waals surface area (Å²) in [4.78, 5) is 8.22. The number of rotatable bonds is 7. The van der Waals surface area contributed by atoms with E-state index in [0.29, 0.717) is 5.75 Å². The second-order valence-corrected chi connectivity index (χ2v) is 9.45. The highest BCUT2D eigenvalue weighted by Crippen LogP contribution is 2.38. The minimum atomic E-state index is -0.180. The Morgan fingerprint density at radius 2 is 1.83 bits per heavy atom. The highest BCUT2D eigenvalue weighted by Gasteiger charge is 2.20. The van der Waals surface area contributed by atoms with Crippen molar-refractivity contribution in [1.29, 1.82) is 0 Å². The Labute approximate surface area is 210 Å². The van der Waals surface area contributed by atoms with Crippen molar-refractivity contribution >= 4 is 16.6 Å². The lowest BCUT2D eigenvalue weighted by atomic mass is 10.1. The molecule has 0 bridgehead atoms. The topological polar surface area (TPSA) is 50.0 Å². The lowest BCUT2D eigenvalue weighted by molar-refractivity contribution is 0.174. The molecule has 2 aliphatic heterocycles. The first-order valence-corrected chi connectivity index (χ1v) is 12.5. The van der Waals surface area contributed by atoms with Crippen molar-refractivity contribution in [2.75, 3.05) is 44.4 Å². The summed E-state index contributed by atoms with van der Waals surface area (Å²) < 4.78 is 30.7. The SMILES string of the molecule is Cc1c(Oc2ccc3c(c2)OCO3)cccc1N1CCN(CCCc2c[nH]c3ccc(F)cc23)CC1. The van der Waals surface area contributed by atoms with E-state index in [-0.39, 0.29) is 12.6 Å². The van der Waals surface area contributed by atoms with E-state index in [4.69, 9.17) is 14.2 Å². The maximum Gasteiger partial charge on any atom is 0.231 e. The summed E-state index contributed by atoms with van der Waals surface area (Å²) in [6.45, 7) is 7.42. The number of hydrogen-bond donors (Lipinski definition) is 1. The molecule has 6 nitrogen and oxygen atoms in total. The lowest BCUT2D eigenvalue weighted by Gasteiger charge is -2.37. The summed E-state index contributed by atoms with van der Waals surface area (Å²) in [5, 5.41) is 0.998. The number of benzene rings is 3. The lowest BCUT2D eigenvalue weighted by Crippen LogP contribution is -2.46. The van der Waals surface area contributed by atoms with Crippen LogP contribution < -0.4 is 19.1 Å². The van der Waals surface area contributed by atoms with Crippen LogP contribution in [0.1, 0.15) is 17.5 Å². The molecule has 36 heavy (non-hydrogen) atoms. The van der Waals surface area contributed by atoms with Crippen LogP contribution in [0, 0.1) is 12.7 Å². The van der Waals surface area contributed by atoms with Gasteiger partial charge in [0.1, 0.15) is 17.3 Å². The summed E-state index contributed by atoms with van der Waals surface area (Å²) >= 11 is 0. The number of aromatic amines is 1. The molecule has 186 valence electrons. The first-order chi connectivity index (χ1) is 17.6. The van der Waals surface area contributed by atoms with Gasteiger partial charge in [-0.3, -0.25) is 4.90 Å². The second kappa shape index (κ2) is 9.74. The van der Waals surface area contributed by atoms with Crippen molar-refractivity contribution in [3.8, 4) is 23.0 Å². The molecule has 3 heterocycles. The zero-order chi connectivity index (χ0) is 24.5. The van der Waals surface area contributed by atoms with Gasteiger partial charge in [-0.25, -0.2) is 4.39 Å². The van der Waals surface area contributed by atoms with Gasteiger partial charge in [0.15, 0.2) is 11.5 Å². The predicted molar refractivity (Wildman–Crippen MR) is 139 cm³/mol. The fourth-order valence-electron chi connectivity index (χ4n) is 5.19. The van der Waals surface area contributed by atoms with Gasteiger partial charge < -0.3 is 24.1 Å². The van der Waals surface area contributed by atoms with E-state index in [1.807, 2.05) is 36.5 Å².